The first-order chi connectivity index (χ1) is 9.79. The summed E-state index contributed by atoms with van der Waals surface area (Å²) >= 11 is 0. The summed E-state index contributed by atoms with van der Waals surface area (Å²) in [6.07, 6.45) is 2.23. The Morgan fingerprint density at radius 2 is 1.82 bits per heavy atom. The molecule has 22 heavy (non-hydrogen) atoms. The fourth-order valence-corrected chi connectivity index (χ4v) is 2.46. The van der Waals surface area contributed by atoms with Crippen LogP contribution in [0.1, 0.15) is 29.3 Å². The van der Waals surface area contributed by atoms with E-state index in [0.717, 1.165) is 39.1 Å². The Morgan fingerprint density at radius 3 is 2.41 bits per heavy atom. The molecule has 1 heterocycles. The normalized spacial score (nSPS) is 14.6. The molecule has 0 spiro atoms. The highest BCUT2D eigenvalue weighted by molar-refractivity contribution is 5.89. The number of nitrogens with zero attached hydrogens (tertiary/aromatic N) is 1. The van der Waals surface area contributed by atoms with Crippen molar-refractivity contribution in [2.24, 2.45) is 0 Å². The standard InChI is InChI=1S/C16H24N2O2.2ClH/c1-2-20-16(19)15-7-5-14(6-8-15)4-3-11-18-12-9-17-10-13-18;;/h5-8,17H,2-4,9-13H2,1H3;2*1H. The van der Waals surface area contributed by atoms with E-state index in [9.17, 15) is 4.79 Å². The quantitative estimate of drug-likeness (QED) is 0.802. The second-order valence-corrected chi connectivity index (χ2v) is 5.11. The predicted molar refractivity (Wildman–Crippen MR) is 94.5 cm³/mol. The third-order valence-electron chi connectivity index (χ3n) is 3.61. The molecule has 1 aromatic carbocycles. The maximum absolute atomic E-state index is 11.5. The Labute approximate surface area is 145 Å². The van der Waals surface area contributed by atoms with Crippen LogP contribution in [-0.2, 0) is 11.2 Å². The molecule has 0 bridgehead atoms. The summed E-state index contributed by atoms with van der Waals surface area (Å²) in [5, 5.41) is 3.36. The fourth-order valence-electron chi connectivity index (χ4n) is 2.46. The van der Waals surface area contributed by atoms with Crippen LogP contribution in [0.3, 0.4) is 0 Å². The number of esters is 1. The van der Waals surface area contributed by atoms with Gasteiger partial charge in [0.05, 0.1) is 12.2 Å². The molecular formula is C16H26Cl2N2O2. The van der Waals surface area contributed by atoms with Crippen molar-refractivity contribution in [1.82, 2.24) is 10.2 Å². The molecule has 126 valence electrons. The van der Waals surface area contributed by atoms with E-state index in [2.05, 4.69) is 10.2 Å². The van der Waals surface area contributed by atoms with Crippen LogP contribution in [0.15, 0.2) is 24.3 Å². The second-order valence-electron chi connectivity index (χ2n) is 5.11. The van der Waals surface area contributed by atoms with Gasteiger partial charge in [-0.25, -0.2) is 4.79 Å². The number of hydrogen-bond donors (Lipinski definition) is 1. The number of nitrogens with one attached hydrogen (secondary N) is 1. The van der Waals surface area contributed by atoms with Gasteiger partial charge in [-0.05, 0) is 44.0 Å². The van der Waals surface area contributed by atoms with Crippen molar-refractivity contribution in [3.05, 3.63) is 35.4 Å². The maximum atomic E-state index is 11.5. The van der Waals surface area contributed by atoms with Crippen molar-refractivity contribution >= 4 is 30.8 Å². The minimum Gasteiger partial charge on any atom is -0.462 e. The average molecular weight is 349 g/mol. The van der Waals surface area contributed by atoms with Crippen LogP contribution in [0.25, 0.3) is 0 Å². The van der Waals surface area contributed by atoms with Gasteiger partial charge in [-0.1, -0.05) is 12.1 Å². The first kappa shape index (κ1) is 21.2. The van der Waals surface area contributed by atoms with E-state index in [-0.39, 0.29) is 30.8 Å². The van der Waals surface area contributed by atoms with Gasteiger partial charge in [0.25, 0.3) is 0 Å². The number of aryl methyl sites for hydroxylation is 1. The fraction of sp³-hybridized carbons (Fsp3) is 0.562. The maximum Gasteiger partial charge on any atom is 0.338 e. The van der Waals surface area contributed by atoms with Gasteiger partial charge >= 0.3 is 5.97 Å². The lowest BCUT2D eigenvalue weighted by atomic mass is 10.1. The van der Waals surface area contributed by atoms with Crippen LogP contribution >= 0.6 is 24.8 Å². The lowest BCUT2D eigenvalue weighted by molar-refractivity contribution is 0.0526. The zero-order chi connectivity index (χ0) is 14.2. The number of halogens is 2. The van der Waals surface area contributed by atoms with E-state index in [1.165, 1.54) is 12.0 Å². The first-order valence-corrected chi connectivity index (χ1v) is 7.48. The third kappa shape index (κ3) is 6.97. The van der Waals surface area contributed by atoms with E-state index in [4.69, 9.17) is 4.74 Å². The molecule has 0 amide bonds. The topological polar surface area (TPSA) is 41.6 Å². The van der Waals surface area contributed by atoms with Crippen LogP contribution in [-0.4, -0.2) is 50.2 Å². The Kier molecular flexibility index (Phi) is 11.3. The number of rotatable bonds is 6. The minimum atomic E-state index is -0.236. The summed E-state index contributed by atoms with van der Waals surface area (Å²) < 4.78 is 4.98. The molecule has 0 atom stereocenters. The van der Waals surface area contributed by atoms with Gasteiger partial charge < -0.3 is 15.0 Å². The van der Waals surface area contributed by atoms with Gasteiger partial charge in [0.15, 0.2) is 0 Å². The number of benzene rings is 1. The Bertz CT molecular complexity index is 421. The van der Waals surface area contributed by atoms with Crippen LogP contribution in [0, 0.1) is 0 Å². The van der Waals surface area contributed by atoms with Crippen molar-refractivity contribution in [3.8, 4) is 0 Å². The minimum absolute atomic E-state index is 0. The third-order valence-corrected chi connectivity index (χ3v) is 3.61. The van der Waals surface area contributed by atoms with Gasteiger partial charge in [-0.2, -0.15) is 0 Å². The monoisotopic (exact) mass is 348 g/mol. The molecule has 1 N–H and O–H groups in total. The summed E-state index contributed by atoms with van der Waals surface area (Å²) in [7, 11) is 0. The molecule has 4 nitrogen and oxygen atoms in total. The van der Waals surface area contributed by atoms with Crippen molar-refractivity contribution in [2.45, 2.75) is 19.8 Å². The van der Waals surface area contributed by atoms with Gasteiger partial charge in [-0.15, -0.1) is 24.8 Å². The molecule has 0 aliphatic carbocycles. The molecule has 0 aromatic heterocycles. The highest BCUT2D eigenvalue weighted by atomic mass is 35.5. The largest absolute Gasteiger partial charge is 0.462 e. The molecular weight excluding hydrogens is 323 g/mol. The smallest absolute Gasteiger partial charge is 0.338 e. The number of piperazine rings is 1. The Morgan fingerprint density at radius 1 is 1.18 bits per heavy atom. The first-order valence-electron chi connectivity index (χ1n) is 7.48. The van der Waals surface area contributed by atoms with Crippen LogP contribution in [0.2, 0.25) is 0 Å². The summed E-state index contributed by atoms with van der Waals surface area (Å²) in [5.74, 6) is -0.236. The van der Waals surface area contributed by atoms with E-state index in [1.807, 2.05) is 31.2 Å². The van der Waals surface area contributed by atoms with Crippen molar-refractivity contribution in [1.29, 1.82) is 0 Å². The number of carbonyl (C=O) groups is 1. The molecule has 0 saturated carbocycles. The van der Waals surface area contributed by atoms with Crippen molar-refractivity contribution in [3.63, 3.8) is 0 Å². The molecule has 0 unspecified atom stereocenters. The average Bonchev–Trinajstić information content (AvgIpc) is 2.49. The highest BCUT2D eigenvalue weighted by Gasteiger charge is 2.09. The second kappa shape index (κ2) is 11.7. The van der Waals surface area contributed by atoms with Gasteiger partial charge in [0.1, 0.15) is 0 Å². The zero-order valence-corrected chi connectivity index (χ0v) is 14.7. The SMILES string of the molecule is CCOC(=O)c1ccc(CCCN2CCNCC2)cc1.Cl.Cl. The Hall–Kier alpha value is -0.810. The van der Waals surface area contributed by atoms with Crippen molar-refractivity contribution < 1.29 is 9.53 Å². The van der Waals surface area contributed by atoms with E-state index >= 15 is 0 Å². The number of carbonyl (C=O) groups excluding carboxylic acids is 1. The summed E-state index contributed by atoms with van der Waals surface area (Å²) in [6.45, 7) is 7.92. The highest BCUT2D eigenvalue weighted by Crippen LogP contribution is 2.09. The number of ether oxygens (including phenoxy) is 1. The van der Waals surface area contributed by atoms with Gasteiger partial charge in [0.2, 0.25) is 0 Å². The molecule has 1 aliphatic rings. The lowest BCUT2D eigenvalue weighted by Crippen LogP contribution is -2.43. The van der Waals surface area contributed by atoms with Crippen LogP contribution in [0.5, 0.6) is 0 Å². The van der Waals surface area contributed by atoms with Crippen LogP contribution in [0.4, 0.5) is 0 Å². The molecule has 1 saturated heterocycles. The van der Waals surface area contributed by atoms with E-state index < -0.39 is 0 Å². The summed E-state index contributed by atoms with van der Waals surface area (Å²) in [6, 6.07) is 7.78. The molecule has 1 fully saturated rings. The summed E-state index contributed by atoms with van der Waals surface area (Å²) in [5.41, 5.74) is 1.92. The van der Waals surface area contributed by atoms with Crippen LogP contribution < -0.4 is 5.32 Å². The molecule has 0 radical (unpaired) electrons. The number of hydrogen-bond acceptors (Lipinski definition) is 4. The molecule has 6 heteroatoms. The molecule has 2 rings (SSSR count). The predicted octanol–water partition coefficient (Wildman–Crippen LogP) is 2.54. The van der Waals surface area contributed by atoms with Gasteiger partial charge in [-0.3, -0.25) is 0 Å². The molecule has 1 aromatic rings. The lowest BCUT2D eigenvalue weighted by Gasteiger charge is -2.27. The summed E-state index contributed by atoms with van der Waals surface area (Å²) in [4.78, 5) is 14.0. The van der Waals surface area contributed by atoms with E-state index in [1.54, 1.807) is 0 Å². The van der Waals surface area contributed by atoms with Crippen molar-refractivity contribution in [2.75, 3.05) is 39.3 Å². The van der Waals surface area contributed by atoms with E-state index in [0.29, 0.717) is 12.2 Å². The van der Waals surface area contributed by atoms with Gasteiger partial charge in [0, 0.05) is 26.2 Å². The molecule has 1 aliphatic heterocycles. The zero-order valence-electron chi connectivity index (χ0n) is 13.0. The Balaban J connectivity index is 0.00000220.